The smallest absolute Gasteiger partial charge is 0.0753 e. The standard InChI is InChI=1S/C22H37N/c1-3-5-7-8-19-9-11-20(12-10-19)21-13-16-22(18-23,17-14-21)15-6-4-2/h6,15,19-21H,3-5,7-14,16-17H2,1-2H3. The van der Waals surface area contributed by atoms with Crippen LogP contribution < -0.4 is 0 Å². The first kappa shape index (κ1) is 18.6. The molecule has 0 radical (unpaired) electrons. The van der Waals surface area contributed by atoms with Crippen molar-refractivity contribution in [3.8, 4) is 6.07 Å². The van der Waals surface area contributed by atoms with Crippen LogP contribution in [0.3, 0.4) is 0 Å². The Morgan fingerprint density at radius 2 is 1.61 bits per heavy atom. The molecule has 2 saturated carbocycles. The Labute approximate surface area is 144 Å². The third-order valence-electron chi connectivity index (χ3n) is 6.59. The van der Waals surface area contributed by atoms with Gasteiger partial charge in [0, 0.05) is 0 Å². The maximum atomic E-state index is 9.60. The molecule has 0 aromatic heterocycles. The van der Waals surface area contributed by atoms with Gasteiger partial charge in [-0.3, -0.25) is 0 Å². The minimum Gasteiger partial charge on any atom is -0.197 e. The first-order valence-electron chi connectivity index (χ1n) is 10.3. The van der Waals surface area contributed by atoms with Crippen molar-refractivity contribution in [2.24, 2.45) is 23.2 Å². The highest BCUT2D eigenvalue weighted by Crippen LogP contribution is 2.46. The van der Waals surface area contributed by atoms with Crippen LogP contribution >= 0.6 is 0 Å². The summed E-state index contributed by atoms with van der Waals surface area (Å²) in [6.07, 6.45) is 21.8. The molecular formula is C22H37N. The lowest BCUT2D eigenvalue weighted by Crippen LogP contribution is -2.30. The average Bonchev–Trinajstić information content (AvgIpc) is 2.61. The molecule has 0 aliphatic heterocycles. The Morgan fingerprint density at radius 3 is 2.17 bits per heavy atom. The Morgan fingerprint density at radius 1 is 0.957 bits per heavy atom. The number of rotatable bonds is 7. The summed E-state index contributed by atoms with van der Waals surface area (Å²) in [4.78, 5) is 0. The molecule has 0 aromatic carbocycles. The van der Waals surface area contributed by atoms with Crippen LogP contribution in [0, 0.1) is 34.5 Å². The molecule has 23 heavy (non-hydrogen) atoms. The lowest BCUT2D eigenvalue weighted by atomic mass is 9.64. The third-order valence-corrected chi connectivity index (χ3v) is 6.59. The third kappa shape index (κ3) is 5.37. The van der Waals surface area contributed by atoms with Crippen LogP contribution in [0.5, 0.6) is 0 Å². The van der Waals surface area contributed by atoms with Crippen molar-refractivity contribution < 1.29 is 0 Å². The van der Waals surface area contributed by atoms with Crippen molar-refractivity contribution in [2.75, 3.05) is 0 Å². The van der Waals surface area contributed by atoms with E-state index in [2.05, 4.69) is 32.1 Å². The first-order valence-corrected chi connectivity index (χ1v) is 10.3. The molecule has 0 saturated heterocycles. The van der Waals surface area contributed by atoms with Gasteiger partial charge in [0.05, 0.1) is 11.5 Å². The van der Waals surface area contributed by atoms with Gasteiger partial charge < -0.3 is 0 Å². The van der Waals surface area contributed by atoms with Crippen molar-refractivity contribution in [1.82, 2.24) is 0 Å². The second-order valence-electron chi connectivity index (χ2n) is 8.19. The van der Waals surface area contributed by atoms with Crippen LogP contribution in [0.15, 0.2) is 12.2 Å². The molecule has 2 fully saturated rings. The molecule has 130 valence electrons. The van der Waals surface area contributed by atoms with Gasteiger partial charge in [-0.25, -0.2) is 0 Å². The van der Waals surface area contributed by atoms with Crippen molar-refractivity contribution in [2.45, 2.75) is 97.3 Å². The molecule has 0 heterocycles. The van der Waals surface area contributed by atoms with Gasteiger partial charge in [-0.15, -0.1) is 0 Å². The van der Waals surface area contributed by atoms with Crippen molar-refractivity contribution >= 4 is 0 Å². The molecule has 2 aliphatic rings. The maximum absolute atomic E-state index is 9.60. The van der Waals surface area contributed by atoms with Crippen LogP contribution in [0.4, 0.5) is 0 Å². The van der Waals surface area contributed by atoms with E-state index in [9.17, 15) is 5.26 Å². The highest BCUT2D eigenvalue weighted by molar-refractivity contribution is 5.14. The Kier molecular flexibility index (Phi) is 7.68. The van der Waals surface area contributed by atoms with E-state index in [1.807, 2.05) is 0 Å². The predicted molar refractivity (Wildman–Crippen MR) is 99.0 cm³/mol. The van der Waals surface area contributed by atoms with Crippen LogP contribution in [-0.2, 0) is 0 Å². The molecule has 0 N–H and O–H groups in total. The van der Waals surface area contributed by atoms with Crippen molar-refractivity contribution in [1.29, 1.82) is 5.26 Å². The Balaban J connectivity index is 1.74. The van der Waals surface area contributed by atoms with Crippen LogP contribution in [0.2, 0.25) is 0 Å². The molecule has 1 heteroatoms. The van der Waals surface area contributed by atoms with Gasteiger partial charge in [0.25, 0.3) is 0 Å². The van der Waals surface area contributed by atoms with Gasteiger partial charge in [0.2, 0.25) is 0 Å². The first-order chi connectivity index (χ1) is 11.2. The zero-order valence-corrected chi connectivity index (χ0v) is 15.5. The summed E-state index contributed by atoms with van der Waals surface area (Å²) >= 11 is 0. The van der Waals surface area contributed by atoms with E-state index in [4.69, 9.17) is 0 Å². The van der Waals surface area contributed by atoms with E-state index in [1.165, 1.54) is 64.2 Å². The Bertz CT molecular complexity index is 387. The minimum atomic E-state index is -0.135. The van der Waals surface area contributed by atoms with Crippen molar-refractivity contribution in [3.05, 3.63) is 12.2 Å². The predicted octanol–water partition coefficient (Wildman–Crippen LogP) is 7.04. The quantitative estimate of drug-likeness (QED) is 0.365. The van der Waals surface area contributed by atoms with Crippen LogP contribution in [-0.4, -0.2) is 0 Å². The average molecular weight is 316 g/mol. The van der Waals surface area contributed by atoms with Gasteiger partial charge in [0.1, 0.15) is 0 Å². The van der Waals surface area contributed by atoms with Crippen molar-refractivity contribution in [3.63, 3.8) is 0 Å². The molecule has 0 unspecified atom stereocenters. The zero-order chi connectivity index (χ0) is 16.5. The van der Waals surface area contributed by atoms with E-state index >= 15 is 0 Å². The maximum Gasteiger partial charge on any atom is 0.0753 e. The van der Waals surface area contributed by atoms with E-state index in [0.29, 0.717) is 0 Å². The normalized spacial score (nSPS) is 35.3. The van der Waals surface area contributed by atoms with Gasteiger partial charge in [-0.05, 0) is 62.7 Å². The fourth-order valence-corrected chi connectivity index (χ4v) is 4.92. The molecule has 0 amide bonds. The summed E-state index contributed by atoms with van der Waals surface area (Å²) in [6, 6.07) is 2.62. The van der Waals surface area contributed by atoms with E-state index < -0.39 is 0 Å². The number of hydrogen-bond donors (Lipinski definition) is 0. The molecule has 0 aromatic rings. The molecule has 0 spiro atoms. The van der Waals surface area contributed by atoms with Crippen LogP contribution in [0.25, 0.3) is 0 Å². The monoisotopic (exact) mass is 315 g/mol. The number of nitrogens with zero attached hydrogens (tertiary/aromatic N) is 1. The van der Waals surface area contributed by atoms with Crippen LogP contribution in [0.1, 0.15) is 97.3 Å². The number of hydrogen-bond acceptors (Lipinski definition) is 1. The van der Waals surface area contributed by atoms with Gasteiger partial charge in [-0.1, -0.05) is 64.5 Å². The fraction of sp³-hybridized carbons (Fsp3) is 0.864. The summed E-state index contributed by atoms with van der Waals surface area (Å²) in [5, 5.41) is 9.60. The molecule has 2 rings (SSSR count). The fourth-order valence-electron chi connectivity index (χ4n) is 4.92. The lowest BCUT2D eigenvalue weighted by Gasteiger charge is -2.39. The molecular weight excluding hydrogens is 278 g/mol. The molecule has 1 nitrogen and oxygen atoms in total. The minimum absolute atomic E-state index is 0.135. The topological polar surface area (TPSA) is 23.8 Å². The van der Waals surface area contributed by atoms with E-state index in [1.54, 1.807) is 0 Å². The van der Waals surface area contributed by atoms with Gasteiger partial charge in [0.15, 0.2) is 0 Å². The molecule has 2 aliphatic carbocycles. The number of nitriles is 1. The van der Waals surface area contributed by atoms with E-state index in [-0.39, 0.29) is 5.41 Å². The Hall–Kier alpha value is -0.770. The molecule has 0 atom stereocenters. The second kappa shape index (κ2) is 9.51. The highest BCUT2D eigenvalue weighted by Gasteiger charge is 2.36. The van der Waals surface area contributed by atoms with Gasteiger partial charge >= 0.3 is 0 Å². The molecule has 0 bridgehead atoms. The largest absolute Gasteiger partial charge is 0.197 e. The summed E-state index contributed by atoms with van der Waals surface area (Å²) in [6.45, 7) is 4.46. The summed E-state index contributed by atoms with van der Waals surface area (Å²) in [7, 11) is 0. The summed E-state index contributed by atoms with van der Waals surface area (Å²) in [5.74, 6) is 2.89. The van der Waals surface area contributed by atoms with E-state index in [0.717, 1.165) is 37.0 Å². The van der Waals surface area contributed by atoms with Gasteiger partial charge in [-0.2, -0.15) is 5.26 Å². The number of allylic oxidation sites excluding steroid dienone is 2. The highest BCUT2D eigenvalue weighted by atomic mass is 14.4. The number of unbranched alkanes of at least 4 members (excludes halogenated alkanes) is 2. The zero-order valence-electron chi connectivity index (χ0n) is 15.5. The summed E-state index contributed by atoms with van der Waals surface area (Å²) < 4.78 is 0. The second-order valence-corrected chi connectivity index (χ2v) is 8.19. The SMILES string of the molecule is CCC=CC1(C#N)CCC(C2CCC(CCCCC)CC2)CC1. The summed E-state index contributed by atoms with van der Waals surface area (Å²) in [5.41, 5.74) is -0.135. The lowest BCUT2D eigenvalue weighted by molar-refractivity contribution is 0.136.